The molecule has 0 unspecified atom stereocenters. The first kappa shape index (κ1) is 23.7. The second-order valence-electron chi connectivity index (χ2n) is 9.41. The quantitative estimate of drug-likeness (QED) is 0.278. The largest absolute Gasteiger partial charge is 0.368 e. The number of nitrogens with zero attached hydrogens (tertiary/aromatic N) is 2. The highest BCUT2D eigenvalue weighted by Gasteiger charge is 2.18. The highest BCUT2D eigenvalue weighted by Crippen LogP contribution is 2.33. The Morgan fingerprint density at radius 2 is 1.24 bits per heavy atom. The Morgan fingerprint density at radius 3 is 1.79 bits per heavy atom. The molecule has 0 radical (unpaired) electrons. The second-order valence-corrected chi connectivity index (χ2v) is 9.41. The van der Waals surface area contributed by atoms with E-state index in [9.17, 15) is 0 Å². The van der Waals surface area contributed by atoms with E-state index in [0.29, 0.717) is 0 Å². The van der Waals surface area contributed by atoms with Crippen LogP contribution in [0.4, 0.5) is 5.82 Å². The van der Waals surface area contributed by atoms with Gasteiger partial charge in [0, 0.05) is 24.1 Å². The highest BCUT2D eigenvalue weighted by atomic mass is 15.0. The van der Waals surface area contributed by atoms with Crippen LogP contribution in [-0.2, 0) is 6.42 Å². The number of rotatable bonds is 8. The summed E-state index contributed by atoms with van der Waals surface area (Å²) in [5.74, 6) is 0.865. The van der Waals surface area contributed by atoms with E-state index in [-0.39, 0.29) is 0 Å². The maximum Gasteiger partial charge on any atom is 0.153 e. The van der Waals surface area contributed by atoms with Gasteiger partial charge in [-0.25, -0.2) is 9.97 Å². The Morgan fingerprint density at radius 1 is 0.676 bits per heavy atom. The van der Waals surface area contributed by atoms with Crippen LogP contribution in [0.3, 0.4) is 0 Å². The first-order valence-electron chi connectivity index (χ1n) is 12.3. The molecule has 0 aliphatic heterocycles. The number of hydrogen-bond donors (Lipinski definition) is 1. The van der Waals surface area contributed by atoms with Gasteiger partial charge in [0.25, 0.3) is 0 Å². The van der Waals surface area contributed by atoms with E-state index >= 15 is 0 Å². The number of anilines is 1. The fourth-order valence-corrected chi connectivity index (χ4v) is 4.54. The molecule has 3 nitrogen and oxygen atoms in total. The average molecular weight is 450 g/mol. The van der Waals surface area contributed by atoms with Crippen LogP contribution in [0, 0.1) is 27.7 Å². The van der Waals surface area contributed by atoms with Crippen molar-refractivity contribution in [3.05, 3.63) is 100 Å². The van der Waals surface area contributed by atoms with Crippen molar-refractivity contribution in [1.82, 2.24) is 9.97 Å². The van der Waals surface area contributed by atoms with Gasteiger partial charge in [-0.05, 0) is 63.9 Å². The summed E-state index contributed by atoms with van der Waals surface area (Å²) in [6.07, 6.45) is 2.97. The molecule has 4 aromatic rings. The van der Waals surface area contributed by atoms with E-state index < -0.39 is 0 Å². The molecule has 0 atom stereocenters. The minimum Gasteiger partial charge on any atom is -0.368 e. The Labute approximate surface area is 204 Å². The van der Waals surface area contributed by atoms with E-state index in [4.69, 9.17) is 9.97 Å². The molecule has 0 amide bonds. The van der Waals surface area contributed by atoms with Gasteiger partial charge >= 0.3 is 0 Å². The fourth-order valence-electron chi connectivity index (χ4n) is 4.54. The normalized spacial score (nSPS) is 11.0. The van der Waals surface area contributed by atoms with Crippen LogP contribution in [0.15, 0.2) is 66.7 Å². The Bertz CT molecular complexity index is 1240. The minimum absolute atomic E-state index is 0.739. The molecule has 4 rings (SSSR count). The first-order chi connectivity index (χ1) is 16.4. The summed E-state index contributed by atoms with van der Waals surface area (Å²) < 4.78 is 0. The van der Waals surface area contributed by atoms with E-state index in [0.717, 1.165) is 59.8 Å². The lowest BCUT2D eigenvalue weighted by molar-refractivity contribution is 0.830. The third kappa shape index (κ3) is 5.72. The predicted octanol–water partition coefficient (Wildman–Crippen LogP) is 7.85. The van der Waals surface area contributed by atoms with Crippen LogP contribution in [0.25, 0.3) is 22.5 Å². The lowest BCUT2D eigenvalue weighted by Crippen LogP contribution is -2.10. The molecule has 3 heteroatoms. The van der Waals surface area contributed by atoms with Crippen LogP contribution in [0.2, 0.25) is 0 Å². The maximum atomic E-state index is 5.31. The van der Waals surface area contributed by atoms with E-state index in [1.54, 1.807) is 0 Å². The maximum absolute atomic E-state index is 5.31. The van der Waals surface area contributed by atoms with Gasteiger partial charge in [0.15, 0.2) is 5.82 Å². The molecule has 0 aliphatic rings. The molecule has 174 valence electrons. The minimum atomic E-state index is 0.739. The fraction of sp³-hybridized carbons (Fsp3) is 0.290. The Balaban J connectivity index is 1.93. The van der Waals surface area contributed by atoms with Crippen molar-refractivity contribution in [1.29, 1.82) is 0 Å². The van der Waals surface area contributed by atoms with E-state index in [2.05, 4.69) is 107 Å². The molecule has 0 saturated heterocycles. The third-order valence-electron chi connectivity index (χ3n) is 6.00. The molecule has 0 fully saturated rings. The summed E-state index contributed by atoms with van der Waals surface area (Å²) in [6, 6.07) is 23.8. The molecule has 0 spiro atoms. The summed E-state index contributed by atoms with van der Waals surface area (Å²) in [4.78, 5) is 10.6. The highest BCUT2D eigenvalue weighted by molar-refractivity contribution is 5.76. The zero-order valence-corrected chi connectivity index (χ0v) is 21.1. The summed E-state index contributed by atoms with van der Waals surface area (Å²) in [7, 11) is 0. The van der Waals surface area contributed by atoms with E-state index in [1.807, 2.05) is 0 Å². The summed E-state index contributed by atoms with van der Waals surface area (Å²) in [5, 5.41) is 3.61. The number of nitrogens with one attached hydrogen (secondary N) is 1. The zero-order chi connectivity index (χ0) is 24.1. The molecule has 0 aliphatic carbocycles. The SMILES string of the molecule is CCCCNc1nc(-c2cc(C)cc(C)c2)c(Cc2ccccc2)nc1-c1cc(C)cc(C)c1. The van der Waals surface area contributed by atoms with Gasteiger partial charge in [0.05, 0.1) is 11.4 Å². The number of aryl methyl sites for hydroxylation is 4. The molecular formula is C31H35N3. The van der Waals surface area contributed by atoms with Crippen LogP contribution >= 0.6 is 0 Å². The standard InChI is InChI=1S/C31H35N3/c1-6-7-13-32-31-30(27-18-23(4)15-24(5)19-27)33-28(20-25-11-9-8-10-12-25)29(34-31)26-16-21(2)14-22(3)17-26/h8-12,14-19H,6-7,13,20H2,1-5H3,(H,32,34). The molecule has 1 N–H and O–H groups in total. The molecule has 0 saturated carbocycles. The van der Waals surface area contributed by atoms with E-state index in [1.165, 1.54) is 27.8 Å². The van der Waals surface area contributed by atoms with Crippen molar-refractivity contribution in [3.63, 3.8) is 0 Å². The number of hydrogen-bond acceptors (Lipinski definition) is 3. The molecule has 34 heavy (non-hydrogen) atoms. The Hall–Kier alpha value is -3.46. The van der Waals surface area contributed by atoms with Crippen LogP contribution in [-0.4, -0.2) is 16.5 Å². The number of aromatic nitrogens is 2. The van der Waals surface area contributed by atoms with Gasteiger partial charge in [0.1, 0.15) is 5.69 Å². The first-order valence-corrected chi connectivity index (χ1v) is 12.3. The molecule has 0 bridgehead atoms. The molecule has 1 heterocycles. The molecule has 1 aromatic heterocycles. The topological polar surface area (TPSA) is 37.8 Å². The van der Waals surface area contributed by atoms with Gasteiger partial charge in [-0.2, -0.15) is 0 Å². The van der Waals surface area contributed by atoms with Gasteiger partial charge in [-0.1, -0.05) is 78.1 Å². The van der Waals surface area contributed by atoms with Gasteiger partial charge in [0.2, 0.25) is 0 Å². The summed E-state index contributed by atoms with van der Waals surface area (Å²) >= 11 is 0. The van der Waals surface area contributed by atoms with Crippen molar-refractivity contribution in [2.24, 2.45) is 0 Å². The molecule has 3 aromatic carbocycles. The summed E-state index contributed by atoms with van der Waals surface area (Å²) in [5.41, 5.74) is 11.3. The predicted molar refractivity (Wildman–Crippen MR) is 144 cm³/mol. The monoisotopic (exact) mass is 449 g/mol. The van der Waals surface area contributed by atoms with Gasteiger partial charge in [-0.3, -0.25) is 0 Å². The van der Waals surface area contributed by atoms with Gasteiger partial charge in [-0.15, -0.1) is 0 Å². The second kappa shape index (κ2) is 10.6. The van der Waals surface area contributed by atoms with Crippen LogP contribution in [0.5, 0.6) is 0 Å². The number of unbranched alkanes of at least 4 members (excludes halogenated alkanes) is 1. The van der Waals surface area contributed by atoms with Crippen LogP contribution in [0.1, 0.15) is 53.3 Å². The average Bonchev–Trinajstić information content (AvgIpc) is 2.79. The van der Waals surface area contributed by atoms with Crippen molar-refractivity contribution < 1.29 is 0 Å². The van der Waals surface area contributed by atoms with Crippen molar-refractivity contribution >= 4 is 5.82 Å². The zero-order valence-electron chi connectivity index (χ0n) is 21.1. The van der Waals surface area contributed by atoms with Crippen molar-refractivity contribution in [2.75, 3.05) is 11.9 Å². The van der Waals surface area contributed by atoms with Gasteiger partial charge < -0.3 is 5.32 Å². The lowest BCUT2D eigenvalue weighted by atomic mass is 9.99. The number of benzene rings is 3. The van der Waals surface area contributed by atoms with Crippen molar-refractivity contribution in [3.8, 4) is 22.5 Å². The lowest BCUT2D eigenvalue weighted by Gasteiger charge is -2.17. The third-order valence-corrected chi connectivity index (χ3v) is 6.00. The Kier molecular flexibility index (Phi) is 7.42. The van der Waals surface area contributed by atoms with Crippen LogP contribution < -0.4 is 5.32 Å². The summed E-state index contributed by atoms with van der Waals surface area (Å²) in [6.45, 7) is 11.7. The smallest absolute Gasteiger partial charge is 0.153 e. The van der Waals surface area contributed by atoms with Crippen molar-refractivity contribution in [2.45, 2.75) is 53.9 Å². The molecular weight excluding hydrogens is 414 g/mol.